The zero-order chi connectivity index (χ0) is 13.0. The summed E-state index contributed by atoms with van der Waals surface area (Å²) in [5.74, 6) is 0. The number of hydrogen-bond donors (Lipinski definition) is 2. The van der Waals surface area contributed by atoms with E-state index < -0.39 is 0 Å². The molecule has 18 heavy (non-hydrogen) atoms. The van der Waals surface area contributed by atoms with E-state index in [4.69, 9.17) is 4.74 Å². The van der Waals surface area contributed by atoms with Gasteiger partial charge in [0.2, 0.25) is 0 Å². The average molecular weight is 248 g/mol. The summed E-state index contributed by atoms with van der Waals surface area (Å²) in [4.78, 5) is 11.8. The molecule has 0 spiro atoms. The fraction of sp³-hybridized carbons (Fsp3) is 0.500. The quantitative estimate of drug-likeness (QED) is 0.864. The normalized spacial score (nSPS) is 20.4. The van der Waals surface area contributed by atoms with E-state index in [9.17, 15) is 4.79 Å². The van der Waals surface area contributed by atoms with Gasteiger partial charge < -0.3 is 15.4 Å². The van der Waals surface area contributed by atoms with Gasteiger partial charge in [0.15, 0.2) is 0 Å². The second kappa shape index (κ2) is 5.87. The molecule has 98 valence electrons. The Kier molecular flexibility index (Phi) is 4.20. The second-order valence-electron chi connectivity index (χ2n) is 4.80. The molecule has 1 aromatic carbocycles. The number of hydrogen-bond acceptors (Lipinski definition) is 2. The van der Waals surface area contributed by atoms with Gasteiger partial charge in [0.1, 0.15) is 0 Å². The Balaban J connectivity index is 1.82. The van der Waals surface area contributed by atoms with Crippen LogP contribution in [0.4, 0.5) is 10.5 Å². The van der Waals surface area contributed by atoms with Gasteiger partial charge in [-0.2, -0.15) is 0 Å². The molecule has 4 nitrogen and oxygen atoms in total. The van der Waals surface area contributed by atoms with Crippen molar-refractivity contribution in [3.8, 4) is 0 Å². The minimum Gasteiger partial charge on any atom is -0.376 e. The molecule has 0 aromatic heterocycles. The number of benzene rings is 1. The number of aryl methyl sites for hydroxylation is 1. The summed E-state index contributed by atoms with van der Waals surface area (Å²) in [5, 5.41) is 5.73. The van der Waals surface area contributed by atoms with Crippen LogP contribution in [0.2, 0.25) is 0 Å². The van der Waals surface area contributed by atoms with E-state index in [0.717, 1.165) is 25.1 Å². The van der Waals surface area contributed by atoms with E-state index >= 15 is 0 Å². The van der Waals surface area contributed by atoms with Crippen LogP contribution in [0.5, 0.6) is 0 Å². The van der Waals surface area contributed by atoms with Crippen LogP contribution in [0.1, 0.15) is 25.3 Å². The Morgan fingerprint density at radius 3 is 2.72 bits per heavy atom. The summed E-state index contributed by atoms with van der Waals surface area (Å²) in [6, 6.07) is 7.59. The highest BCUT2D eigenvalue weighted by Crippen LogP contribution is 2.15. The molecule has 2 atom stereocenters. The lowest BCUT2D eigenvalue weighted by molar-refractivity contribution is 0.0868. The summed E-state index contributed by atoms with van der Waals surface area (Å²) < 4.78 is 5.54. The van der Waals surface area contributed by atoms with Gasteiger partial charge in [-0.25, -0.2) is 4.79 Å². The van der Waals surface area contributed by atoms with Gasteiger partial charge in [-0.3, -0.25) is 0 Å². The van der Waals surface area contributed by atoms with E-state index in [-0.39, 0.29) is 18.2 Å². The number of carbonyl (C=O) groups excluding carboxylic acids is 1. The fourth-order valence-electron chi connectivity index (χ4n) is 2.10. The predicted molar refractivity (Wildman–Crippen MR) is 71.8 cm³/mol. The van der Waals surface area contributed by atoms with Crippen LogP contribution in [0.15, 0.2) is 24.3 Å². The van der Waals surface area contributed by atoms with Crippen LogP contribution < -0.4 is 10.6 Å². The maximum atomic E-state index is 11.8. The van der Waals surface area contributed by atoms with Crippen molar-refractivity contribution in [3.63, 3.8) is 0 Å². The Bertz CT molecular complexity index is 397. The van der Waals surface area contributed by atoms with Crippen molar-refractivity contribution in [3.05, 3.63) is 29.8 Å². The lowest BCUT2D eigenvalue weighted by atomic mass is 10.1. The summed E-state index contributed by atoms with van der Waals surface area (Å²) >= 11 is 0. The van der Waals surface area contributed by atoms with Crippen LogP contribution in [-0.4, -0.2) is 24.8 Å². The number of rotatable bonds is 3. The molecule has 0 aliphatic carbocycles. The molecule has 1 fully saturated rings. The Labute approximate surface area is 108 Å². The zero-order valence-electron chi connectivity index (χ0n) is 10.9. The Hall–Kier alpha value is -1.55. The second-order valence-corrected chi connectivity index (χ2v) is 4.80. The van der Waals surface area contributed by atoms with E-state index in [2.05, 4.69) is 10.6 Å². The van der Waals surface area contributed by atoms with Crippen molar-refractivity contribution < 1.29 is 9.53 Å². The third-order valence-corrected chi connectivity index (χ3v) is 3.19. The van der Waals surface area contributed by atoms with Crippen molar-refractivity contribution in [1.29, 1.82) is 0 Å². The van der Waals surface area contributed by atoms with E-state index in [1.54, 1.807) is 0 Å². The SMILES string of the molecule is Cc1ccc(NC(=O)NC(C)C2CCCO2)cc1. The van der Waals surface area contributed by atoms with Crippen LogP contribution >= 0.6 is 0 Å². The molecule has 2 N–H and O–H groups in total. The van der Waals surface area contributed by atoms with E-state index in [1.807, 2.05) is 38.1 Å². The van der Waals surface area contributed by atoms with Crippen LogP contribution in [-0.2, 0) is 4.74 Å². The van der Waals surface area contributed by atoms with Gasteiger partial charge in [0, 0.05) is 12.3 Å². The van der Waals surface area contributed by atoms with Crippen molar-refractivity contribution in [1.82, 2.24) is 5.32 Å². The summed E-state index contributed by atoms with van der Waals surface area (Å²) in [7, 11) is 0. The predicted octanol–water partition coefficient (Wildman–Crippen LogP) is 2.68. The lowest BCUT2D eigenvalue weighted by Crippen LogP contribution is -2.42. The van der Waals surface area contributed by atoms with Gasteiger partial charge >= 0.3 is 6.03 Å². The molecule has 2 unspecified atom stereocenters. The third kappa shape index (κ3) is 3.47. The molecule has 1 aromatic rings. The van der Waals surface area contributed by atoms with Crippen LogP contribution in [0.25, 0.3) is 0 Å². The standard InChI is InChI=1S/C14H20N2O2/c1-10-5-7-12(8-6-10)16-14(17)15-11(2)13-4-3-9-18-13/h5-8,11,13H,3-4,9H2,1-2H3,(H2,15,16,17). The monoisotopic (exact) mass is 248 g/mol. The molecule has 1 heterocycles. The molecule has 1 saturated heterocycles. The summed E-state index contributed by atoms with van der Waals surface area (Å²) in [6.07, 6.45) is 2.25. The number of amides is 2. The zero-order valence-corrected chi connectivity index (χ0v) is 10.9. The average Bonchev–Trinajstić information content (AvgIpc) is 2.85. The lowest BCUT2D eigenvalue weighted by Gasteiger charge is -2.20. The van der Waals surface area contributed by atoms with Crippen molar-refractivity contribution >= 4 is 11.7 Å². The molecule has 2 rings (SSSR count). The molecule has 4 heteroatoms. The molecular weight excluding hydrogens is 228 g/mol. The minimum atomic E-state index is -0.179. The number of anilines is 1. The van der Waals surface area contributed by atoms with Gasteiger partial charge in [0.05, 0.1) is 12.1 Å². The van der Waals surface area contributed by atoms with Gasteiger partial charge in [-0.05, 0) is 38.8 Å². The Morgan fingerprint density at radius 2 is 2.11 bits per heavy atom. The minimum absolute atomic E-state index is 0.0398. The van der Waals surface area contributed by atoms with Crippen molar-refractivity contribution in [2.24, 2.45) is 0 Å². The molecule has 1 aliphatic rings. The number of urea groups is 1. The highest BCUT2D eigenvalue weighted by Gasteiger charge is 2.23. The van der Waals surface area contributed by atoms with Gasteiger partial charge in [0.25, 0.3) is 0 Å². The molecule has 1 aliphatic heterocycles. The molecule has 2 amide bonds. The summed E-state index contributed by atoms with van der Waals surface area (Å²) in [6.45, 7) is 4.80. The first-order chi connectivity index (χ1) is 8.65. The Morgan fingerprint density at radius 1 is 1.39 bits per heavy atom. The van der Waals surface area contributed by atoms with Crippen molar-refractivity contribution in [2.45, 2.75) is 38.8 Å². The van der Waals surface area contributed by atoms with E-state index in [0.29, 0.717) is 0 Å². The number of ether oxygens (including phenoxy) is 1. The molecule has 0 saturated carbocycles. The largest absolute Gasteiger partial charge is 0.376 e. The van der Waals surface area contributed by atoms with Gasteiger partial charge in [-0.1, -0.05) is 17.7 Å². The highest BCUT2D eigenvalue weighted by atomic mass is 16.5. The number of carbonyl (C=O) groups is 1. The van der Waals surface area contributed by atoms with Crippen molar-refractivity contribution in [2.75, 3.05) is 11.9 Å². The smallest absolute Gasteiger partial charge is 0.319 e. The van der Waals surface area contributed by atoms with Gasteiger partial charge in [-0.15, -0.1) is 0 Å². The van der Waals surface area contributed by atoms with Crippen LogP contribution in [0, 0.1) is 6.92 Å². The molecule has 0 radical (unpaired) electrons. The fourth-order valence-corrected chi connectivity index (χ4v) is 2.10. The maximum Gasteiger partial charge on any atom is 0.319 e. The first kappa shape index (κ1) is 12.9. The maximum absolute atomic E-state index is 11.8. The highest BCUT2D eigenvalue weighted by molar-refractivity contribution is 5.89. The third-order valence-electron chi connectivity index (χ3n) is 3.19. The first-order valence-corrected chi connectivity index (χ1v) is 6.41. The van der Waals surface area contributed by atoms with E-state index in [1.165, 1.54) is 5.56 Å². The number of nitrogens with one attached hydrogen (secondary N) is 2. The van der Waals surface area contributed by atoms with Crippen LogP contribution in [0.3, 0.4) is 0 Å². The first-order valence-electron chi connectivity index (χ1n) is 6.41. The topological polar surface area (TPSA) is 50.4 Å². The summed E-state index contributed by atoms with van der Waals surface area (Å²) in [5.41, 5.74) is 1.98. The molecular formula is C14H20N2O2. The molecule has 0 bridgehead atoms.